The summed E-state index contributed by atoms with van der Waals surface area (Å²) in [5.41, 5.74) is 0.957. The molecule has 1 aliphatic heterocycles. The number of hydrogen-bond acceptors (Lipinski definition) is 4. The van der Waals surface area contributed by atoms with Crippen LogP contribution in [-0.4, -0.2) is 27.8 Å². The van der Waals surface area contributed by atoms with Gasteiger partial charge in [-0.05, 0) is 42.7 Å². The third-order valence-corrected chi connectivity index (χ3v) is 6.60. The highest BCUT2D eigenvalue weighted by Crippen LogP contribution is 2.39. The first-order valence-corrected chi connectivity index (χ1v) is 10.8. The van der Waals surface area contributed by atoms with Crippen LogP contribution in [0.4, 0.5) is 0 Å². The molecule has 0 aromatic heterocycles. The number of fused-ring (bicyclic) bond motifs is 1. The fourth-order valence-electron chi connectivity index (χ4n) is 3.97. The molecule has 1 aliphatic carbocycles. The SMILES string of the molecule is CCOc1ccc2ccccc2c1/C=C1\SC(=S)N(C2CCCCC2)C1=O. The van der Waals surface area contributed by atoms with Crippen LogP contribution < -0.4 is 4.74 Å². The van der Waals surface area contributed by atoms with Crippen molar-refractivity contribution in [1.82, 2.24) is 4.90 Å². The zero-order chi connectivity index (χ0) is 18.8. The first-order chi connectivity index (χ1) is 13.2. The van der Waals surface area contributed by atoms with E-state index in [9.17, 15) is 4.79 Å². The Balaban J connectivity index is 1.74. The molecule has 2 fully saturated rings. The van der Waals surface area contributed by atoms with E-state index in [-0.39, 0.29) is 11.9 Å². The van der Waals surface area contributed by atoms with E-state index in [0.717, 1.165) is 34.9 Å². The van der Waals surface area contributed by atoms with Crippen molar-refractivity contribution in [3.8, 4) is 5.75 Å². The maximum Gasteiger partial charge on any atom is 0.266 e. The Hall–Kier alpha value is -1.85. The lowest BCUT2D eigenvalue weighted by atomic mass is 9.94. The second kappa shape index (κ2) is 8.03. The molecule has 3 nitrogen and oxygen atoms in total. The molecule has 1 saturated heterocycles. The fraction of sp³-hybridized carbons (Fsp3) is 0.364. The number of thioether (sulfide) groups is 1. The fourth-order valence-corrected chi connectivity index (χ4v) is 5.35. The summed E-state index contributed by atoms with van der Waals surface area (Å²) in [6, 6.07) is 12.5. The number of benzene rings is 2. The van der Waals surface area contributed by atoms with Gasteiger partial charge < -0.3 is 4.74 Å². The van der Waals surface area contributed by atoms with Crippen LogP contribution in [-0.2, 0) is 4.79 Å². The van der Waals surface area contributed by atoms with Crippen molar-refractivity contribution in [1.29, 1.82) is 0 Å². The molecule has 0 N–H and O–H groups in total. The number of hydrogen-bond donors (Lipinski definition) is 0. The maximum atomic E-state index is 13.1. The monoisotopic (exact) mass is 397 g/mol. The Morgan fingerprint density at radius 1 is 1.19 bits per heavy atom. The molecular weight excluding hydrogens is 374 g/mol. The van der Waals surface area contributed by atoms with Gasteiger partial charge in [0.1, 0.15) is 10.1 Å². The quantitative estimate of drug-likeness (QED) is 0.484. The van der Waals surface area contributed by atoms with Gasteiger partial charge in [-0.3, -0.25) is 9.69 Å². The van der Waals surface area contributed by atoms with Crippen molar-refractivity contribution in [2.75, 3.05) is 6.61 Å². The van der Waals surface area contributed by atoms with E-state index in [4.69, 9.17) is 17.0 Å². The van der Waals surface area contributed by atoms with Gasteiger partial charge in [0.2, 0.25) is 0 Å². The summed E-state index contributed by atoms with van der Waals surface area (Å²) in [6.45, 7) is 2.56. The summed E-state index contributed by atoms with van der Waals surface area (Å²) in [5, 5.41) is 2.22. The van der Waals surface area contributed by atoms with E-state index in [2.05, 4.69) is 18.2 Å². The van der Waals surface area contributed by atoms with E-state index < -0.39 is 0 Å². The molecule has 0 atom stereocenters. The molecule has 5 heteroatoms. The van der Waals surface area contributed by atoms with Gasteiger partial charge in [0, 0.05) is 11.6 Å². The molecule has 2 aliphatic rings. The number of thiocarbonyl (C=S) groups is 1. The molecule has 1 amide bonds. The minimum atomic E-state index is 0.0484. The Labute approximate surface area is 169 Å². The topological polar surface area (TPSA) is 29.5 Å². The van der Waals surface area contributed by atoms with Crippen LogP contribution in [0, 0.1) is 0 Å². The van der Waals surface area contributed by atoms with Crippen LogP contribution in [0.5, 0.6) is 5.75 Å². The second-order valence-electron chi connectivity index (χ2n) is 6.98. The molecule has 0 unspecified atom stereocenters. The van der Waals surface area contributed by atoms with Crippen LogP contribution in [0.1, 0.15) is 44.6 Å². The molecule has 27 heavy (non-hydrogen) atoms. The molecule has 0 spiro atoms. The average Bonchev–Trinajstić information content (AvgIpc) is 2.97. The number of amides is 1. The van der Waals surface area contributed by atoms with Crippen LogP contribution in [0.2, 0.25) is 0 Å². The molecule has 2 aromatic rings. The number of ether oxygens (including phenoxy) is 1. The third-order valence-electron chi connectivity index (χ3n) is 5.27. The largest absolute Gasteiger partial charge is 0.493 e. The van der Waals surface area contributed by atoms with Gasteiger partial charge in [-0.1, -0.05) is 73.6 Å². The zero-order valence-corrected chi connectivity index (χ0v) is 17.1. The van der Waals surface area contributed by atoms with Crippen molar-refractivity contribution in [3.63, 3.8) is 0 Å². The Morgan fingerprint density at radius 3 is 2.74 bits per heavy atom. The van der Waals surface area contributed by atoms with Gasteiger partial charge in [-0.25, -0.2) is 0 Å². The van der Waals surface area contributed by atoms with Gasteiger partial charge >= 0.3 is 0 Å². The highest BCUT2D eigenvalue weighted by Gasteiger charge is 2.37. The number of nitrogens with zero attached hydrogens (tertiary/aromatic N) is 1. The van der Waals surface area contributed by atoms with Gasteiger partial charge in [-0.2, -0.15) is 0 Å². The smallest absolute Gasteiger partial charge is 0.266 e. The predicted molar refractivity (Wildman–Crippen MR) is 117 cm³/mol. The van der Waals surface area contributed by atoms with Gasteiger partial charge in [0.05, 0.1) is 11.5 Å². The summed E-state index contributed by atoms with van der Waals surface area (Å²) >= 11 is 6.99. The van der Waals surface area contributed by atoms with E-state index in [1.165, 1.54) is 31.0 Å². The summed E-state index contributed by atoms with van der Waals surface area (Å²) < 4.78 is 6.54. The van der Waals surface area contributed by atoms with E-state index in [0.29, 0.717) is 15.8 Å². The lowest BCUT2D eigenvalue weighted by molar-refractivity contribution is -0.124. The molecule has 2 aromatic carbocycles. The van der Waals surface area contributed by atoms with Gasteiger partial charge in [-0.15, -0.1) is 0 Å². The highest BCUT2D eigenvalue weighted by atomic mass is 32.2. The molecule has 0 radical (unpaired) electrons. The van der Waals surface area contributed by atoms with Crippen molar-refractivity contribution < 1.29 is 9.53 Å². The van der Waals surface area contributed by atoms with Crippen LogP contribution in [0.3, 0.4) is 0 Å². The number of rotatable bonds is 4. The molecular formula is C22H23NO2S2. The standard InChI is InChI=1S/C22H23NO2S2/c1-2-25-19-13-12-15-8-6-7-11-17(15)18(19)14-20-21(24)23(22(26)27-20)16-9-4-3-5-10-16/h6-8,11-14,16H,2-5,9-10H2,1H3/b20-14-. The van der Waals surface area contributed by atoms with Crippen molar-refractivity contribution in [3.05, 3.63) is 46.9 Å². The summed E-state index contributed by atoms with van der Waals surface area (Å²) in [7, 11) is 0. The van der Waals surface area contributed by atoms with E-state index >= 15 is 0 Å². The first kappa shape index (κ1) is 18.5. The third kappa shape index (κ3) is 3.63. The highest BCUT2D eigenvalue weighted by molar-refractivity contribution is 8.26. The number of carbonyl (C=O) groups is 1. The molecule has 0 bridgehead atoms. The number of carbonyl (C=O) groups excluding carboxylic acids is 1. The summed E-state index contributed by atoms with van der Waals surface area (Å²) in [6.07, 6.45) is 7.69. The average molecular weight is 398 g/mol. The molecule has 1 heterocycles. The molecule has 4 rings (SSSR count). The summed E-state index contributed by atoms with van der Waals surface area (Å²) in [5.74, 6) is 0.853. The zero-order valence-electron chi connectivity index (χ0n) is 15.4. The first-order valence-electron chi connectivity index (χ1n) is 9.60. The van der Waals surface area contributed by atoms with Crippen molar-refractivity contribution in [2.45, 2.75) is 45.1 Å². The minimum absolute atomic E-state index is 0.0484. The van der Waals surface area contributed by atoms with Crippen LogP contribution >= 0.6 is 24.0 Å². The van der Waals surface area contributed by atoms with Crippen molar-refractivity contribution in [2.24, 2.45) is 0 Å². The Morgan fingerprint density at radius 2 is 1.96 bits per heavy atom. The van der Waals surface area contributed by atoms with Crippen LogP contribution in [0.25, 0.3) is 16.8 Å². The second-order valence-corrected chi connectivity index (χ2v) is 8.65. The summed E-state index contributed by atoms with van der Waals surface area (Å²) in [4.78, 5) is 15.7. The van der Waals surface area contributed by atoms with E-state index in [1.807, 2.05) is 36.1 Å². The lowest BCUT2D eigenvalue weighted by Gasteiger charge is -2.29. The molecule has 1 saturated carbocycles. The van der Waals surface area contributed by atoms with Crippen LogP contribution in [0.15, 0.2) is 41.3 Å². The minimum Gasteiger partial charge on any atom is -0.493 e. The van der Waals surface area contributed by atoms with Gasteiger partial charge in [0.15, 0.2) is 0 Å². The maximum absolute atomic E-state index is 13.1. The normalized spacial score (nSPS) is 20.0. The Kier molecular flexibility index (Phi) is 5.50. The molecule has 140 valence electrons. The van der Waals surface area contributed by atoms with Gasteiger partial charge in [0.25, 0.3) is 5.91 Å². The lowest BCUT2D eigenvalue weighted by Crippen LogP contribution is -2.39. The van der Waals surface area contributed by atoms with E-state index in [1.54, 1.807) is 0 Å². The van der Waals surface area contributed by atoms with Crippen molar-refractivity contribution >= 4 is 51.1 Å². The Bertz CT molecular complexity index is 916. The predicted octanol–water partition coefficient (Wildman–Crippen LogP) is 5.77.